The molecular formula is C40H40NO12P. The second-order valence-corrected chi connectivity index (χ2v) is 14.4. The molecule has 0 bridgehead atoms. The highest BCUT2D eigenvalue weighted by Gasteiger charge is 2.53. The largest absolute Gasteiger partial charge is 0.509 e. The number of carbonyl (C=O) groups excluding carboxylic acids is 2. The van der Waals surface area contributed by atoms with Gasteiger partial charge in [-0.05, 0) is 38.9 Å². The number of carbonyl (C=O) groups is 2. The van der Waals surface area contributed by atoms with E-state index in [4.69, 9.17) is 37.3 Å². The van der Waals surface area contributed by atoms with E-state index in [1.807, 2.05) is 103 Å². The Morgan fingerprint density at radius 2 is 1.43 bits per heavy atom. The average Bonchev–Trinajstić information content (AvgIpc) is 3.41. The number of phosphoric ester groups is 1. The smallest absolute Gasteiger partial charge is 0.449 e. The highest BCUT2D eigenvalue weighted by molar-refractivity contribution is 7.48. The molecule has 2 aliphatic heterocycles. The van der Waals surface area contributed by atoms with Crippen LogP contribution in [0.4, 0.5) is 9.59 Å². The van der Waals surface area contributed by atoms with Crippen LogP contribution in [0.2, 0.25) is 0 Å². The Hall–Kier alpha value is -4.85. The number of nitrogens with one attached hydrogen (secondary N) is 1. The molecule has 4 aromatic carbocycles. The van der Waals surface area contributed by atoms with Crippen LogP contribution in [0, 0.1) is 0 Å². The van der Waals surface area contributed by atoms with Gasteiger partial charge < -0.3 is 34.1 Å². The predicted molar refractivity (Wildman–Crippen MR) is 194 cm³/mol. The molecule has 14 heteroatoms. The molecule has 54 heavy (non-hydrogen) atoms. The summed E-state index contributed by atoms with van der Waals surface area (Å²) in [6, 6.07) is 30.8. The molecule has 0 aromatic heterocycles. The summed E-state index contributed by atoms with van der Waals surface area (Å²) < 4.78 is 60.1. The Bertz CT molecular complexity index is 1920. The summed E-state index contributed by atoms with van der Waals surface area (Å²) in [5.74, 6) is -0.252. The summed E-state index contributed by atoms with van der Waals surface area (Å²) in [5.41, 5.74) is 6.43. The lowest BCUT2D eigenvalue weighted by molar-refractivity contribution is -0.255. The molecule has 2 heterocycles. The molecule has 4 aromatic rings. The first-order valence-corrected chi connectivity index (χ1v) is 18.9. The molecule has 0 spiro atoms. The maximum atomic E-state index is 14.2. The SMILES string of the molecule is C=CCOC(=O)O[C@@H]1C(NC(=O)OCC2c3ccccc3-c3ccccc32)[C@H](O)OC(COCc2ccccc2)[C@@H]1OP1(=O)OCc2ccccc2CO1. The summed E-state index contributed by atoms with van der Waals surface area (Å²) in [6.45, 7) is 3.03. The molecule has 1 aliphatic carbocycles. The molecular weight excluding hydrogens is 717 g/mol. The molecule has 1 amide bonds. The van der Waals surface area contributed by atoms with Crippen LogP contribution in [0.1, 0.15) is 33.7 Å². The zero-order chi connectivity index (χ0) is 37.5. The van der Waals surface area contributed by atoms with Crippen LogP contribution >= 0.6 is 7.82 Å². The minimum absolute atomic E-state index is 0.0379. The Labute approximate surface area is 312 Å². The molecule has 13 nitrogen and oxygen atoms in total. The van der Waals surface area contributed by atoms with Gasteiger partial charge >= 0.3 is 20.1 Å². The van der Waals surface area contributed by atoms with E-state index in [1.54, 1.807) is 0 Å². The summed E-state index contributed by atoms with van der Waals surface area (Å²) in [7, 11) is -4.42. The van der Waals surface area contributed by atoms with Gasteiger partial charge in [-0.25, -0.2) is 14.2 Å². The van der Waals surface area contributed by atoms with Gasteiger partial charge in [-0.2, -0.15) is 0 Å². The molecule has 282 valence electrons. The molecule has 7 rings (SSSR count). The second-order valence-electron chi connectivity index (χ2n) is 12.8. The van der Waals surface area contributed by atoms with Crippen LogP contribution in [0.5, 0.6) is 0 Å². The minimum Gasteiger partial charge on any atom is -0.449 e. The molecule has 1 saturated heterocycles. The fourth-order valence-corrected chi connectivity index (χ4v) is 8.12. The van der Waals surface area contributed by atoms with Gasteiger partial charge in [0.1, 0.15) is 31.5 Å². The maximum absolute atomic E-state index is 14.2. The van der Waals surface area contributed by atoms with Crippen LogP contribution in [-0.2, 0) is 61.6 Å². The summed E-state index contributed by atoms with van der Waals surface area (Å²) in [5, 5.41) is 14.0. The zero-order valence-corrected chi connectivity index (χ0v) is 30.1. The van der Waals surface area contributed by atoms with Crippen molar-refractivity contribution < 1.29 is 56.5 Å². The van der Waals surface area contributed by atoms with Crippen molar-refractivity contribution in [2.75, 3.05) is 19.8 Å². The van der Waals surface area contributed by atoms with Crippen LogP contribution in [0.3, 0.4) is 0 Å². The quantitative estimate of drug-likeness (QED) is 0.0889. The van der Waals surface area contributed by atoms with Gasteiger partial charge in [-0.15, -0.1) is 0 Å². The number of aliphatic hydroxyl groups excluding tert-OH is 1. The van der Waals surface area contributed by atoms with Gasteiger partial charge in [-0.3, -0.25) is 13.6 Å². The minimum atomic E-state index is -4.42. The number of fused-ring (bicyclic) bond motifs is 4. The maximum Gasteiger partial charge on any atom is 0.509 e. The van der Waals surface area contributed by atoms with Gasteiger partial charge in [-0.1, -0.05) is 116 Å². The van der Waals surface area contributed by atoms with E-state index in [9.17, 15) is 19.3 Å². The Morgan fingerprint density at radius 1 is 0.815 bits per heavy atom. The average molecular weight is 758 g/mol. The third-order valence-corrected chi connectivity index (χ3v) is 10.8. The Balaban J connectivity index is 1.13. The number of alkyl carbamates (subject to hydrolysis) is 1. The van der Waals surface area contributed by atoms with E-state index in [1.165, 1.54) is 6.08 Å². The van der Waals surface area contributed by atoms with Crippen molar-refractivity contribution >= 4 is 20.1 Å². The van der Waals surface area contributed by atoms with E-state index in [-0.39, 0.29) is 45.6 Å². The van der Waals surface area contributed by atoms with Gasteiger partial charge in [0.05, 0.1) is 26.4 Å². The number of hydrogen-bond acceptors (Lipinski definition) is 12. The number of rotatable bonds is 12. The van der Waals surface area contributed by atoms with Gasteiger partial charge in [0.2, 0.25) is 0 Å². The van der Waals surface area contributed by atoms with Crippen LogP contribution in [0.15, 0.2) is 116 Å². The van der Waals surface area contributed by atoms with Gasteiger partial charge in [0, 0.05) is 5.92 Å². The number of hydrogen-bond donors (Lipinski definition) is 2. The first-order valence-electron chi connectivity index (χ1n) is 17.5. The summed E-state index contributed by atoms with van der Waals surface area (Å²) in [6.07, 6.45) is -6.87. The molecule has 2 N–H and O–H groups in total. The number of amides is 1. The predicted octanol–water partition coefficient (Wildman–Crippen LogP) is 6.78. The highest BCUT2D eigenvalue weighted by atomic mass is 31.2. The standard InChI is InChI=1S/C40H40NO12P/c1-2-20-47-40(44)52-37-35(41-39(43)48-24-33-31-18-10-8-16-29(31)30-17-9-11-19-32(30)33)38(42)51-34(25-46-21-26-12-4-3-5-13-26)36(37)53-54(45)49-22-27-14-6-7-15-28(27)23-50-54/h2-19,33-38,42H,1,20-25H2,(H,41,43)/t34?,35?,36-,37+,38+/m0/s1. The first kappa shape index (κ1) is 37.5. The molecule has 3 aliphatic rings. The third kappa shape index (κ3) is 8.59. The number of benzene rings is 4. The van der Waals surface area contributed by atoms with Crippen molar-refractivity contribution in [3.8, 4) is 11.1 Å². The number of phosphoric acid groups is 1. The molecule has 5 atom stereocenters. The Morgan fingerprint density at radius 3 is 2.07 bits per heavy atom. The van der Waals surface area contributed by atoms with E-state index < -0.39 is 50.7 Å². The van der Waals surface area contributed by atoms with Crippen molar-refractivity contribution in [1.29, 1.82) is 0 Å². The lowest BCUT2D eigenvalue weighted by Crippen LogP contribution is -2.66. The summed E-state index contributed by atoms with van der Waals surface area (Å²) >= 11 is 0. The zero-order valence-electron chi connectivity index (χ0n) is 29.2. The molecule has 0 saturated carbocycles. The van der Waals surface area contributed by atoms with Crippen LogP contribution < -0.4 is 5.32 Å². The van der Waals surface area contributed by atoms with E-state index in [0.29, 0.717) is 0 Å². The van der Waals surface area contributed by atoms with E-state index in [0.717, 1.165) is 38.9 Å². The second kappa shape index (κ2) is 17.1. The van der Waals surface area contributed by atoms with Gasteiger partial charge in [0.25, 0.3) is 0 Å². The Kier molecular flexibility index (Phi) is 11.9. The highest BCUT2D eigenvalue weighted by Crippen LogP contribution is 2.55. The summed E-state index contributed by atoms with van der Waals surface area (Å²) in [4.78, 5) is 26.5. The van der Waals surface area contributed by atoms with Gasteiger partial charge in [0.15, 0.2) is 12.4 Å². The third-order valence-electron chi connectivity index (χ3n) is 9.36. The topological polar surface area (TPSA) is 157 Å². The van der Waals surface area contributed by atoms with Crippen molar-refractivity contribution in [2.24, 2.45) is 0 Å². The fraction of sp³-hybridized carbons (Fsp3) is 0.300. The van der Waals surface area contributed by atoms with E-state index >= 15 is 0 Å². The normalized spacial score (nSPS) is 22.8. The van der Waals surface area contributed by atoms with Crippen LogP contribution in [0.25, 0.3) is 11.1 Å². The van der Waals surface area contributed by atoms with Crippen molar-refractivity contribution in [1.82, 2.24) is 5.32 Å². The van der Waals surface area contributed by atoms with Crippen LogP contribution in [-0.4, -0.2) is 67.8 Å². The molecule has 0 radical (unpaired) electrons. The van der Waals surface area contributed by atoms with E-state index in [2.05, 4.69) is 11.9 Å². The lowest BCUT2D eigenvalue weighted by Gasteiger charge is -2.44. The van der Waals surface area contributed by atoms with Crippen molar-refractivity contribution in [3.05, 3.63) is 144 Å². The molecule has 1 fully saturated rings. The number of ether oxygens (including phenoxy) is 5. The number of aliphatic hydroxyl groups is 1. The molecule has 2 unspecified atom stereocenters. The lowest BCUT2D eigenvalue weighted by atomic mass is 9.97. The van der Waals surface area contributed by atoms with Crippen molar-refractivity contribution in [3.63, 3.8) is 0 Å². The fourth-order valence-electron chi connectivity index (χ4n) is 6.77. The van der Waals surface area contributed by atoms with Crippen molar-refractivity contribution in [2.45, 2.75) is 56.4 Å². The monoisotopic (exact) mass is 757 g/mol. The first-order chi connectivity index (χ1) is 26.3.